The molecule has 2 amide bonds. The number of rotatable bonds is 4. The zero-order valence-electron chi connectivity index (χ0n) is 12.4. The maximum absolute atomic E-state index is 12.2. The lowest BCUT2D eigenvalue weighted by Crippen LogP contribution is -2.19. The first kappa shape index (κ1) is 16.0. The van der Waals surface area contributed by atoms with E-state index in [9.17, 15) is 9.59 Å². The lowest BCUT2D eigenvalue weighted by molar-refractivity contribution is -0.119. The highest BCUT2D eigenvalue weighted by Gasteiger charge is 2.08. The van der Waals surface area contributed by atoms with Crippen molar-refractivity contribution in [3.63, 3.8) is 0 Å². The molecule has 0 unspecified atom stereocenters. The molecule has 0 saturated carbocycles. The van der Waals surface area contributed by atoms with E-state index in [1.54, 1.807) is 24.3 Å². The second-order valence-electron chi connectivity index (χ2n) is 5.02. The van der Waals surface area contributed by atoms with Crippen LogP contribution in [0.15, 0.2) is 42.5 Å². The SMILES string of the molecule is CC(=O)NCc1ccc(C(=O)Nc2cc(Cl)ccc2C)cc1. The minimum Gasteiger partial charge on any atom is -0.352 e. The third kappa shape index (κ3) is 4.33. The molecule has 2 N–H and O–H groups in total. The maximum Gasteiger partial charge on any atom is 0.255 e. The lowest BCUT2D eigenvalue weighted by atomic mass is 10.1. The highest BCUT2D eigenvalue weighted by atomic mass is 35.5. The van der Waals surface area contributed by atoms with Gasteiger partial charge < -0.3 is 10.6 Å². The Bertz CT molecular complexity index is 696. The molecule has 0 fully saturated rings. The topological polar surface area (TPSA) is 58.2 Å². The van der Waals surface area contributed by atoms with Gasteiger partial charge in [0.1, 0.15) is 0 Å². The van der Waals surface area contributed by atoms with Crippen LogP contribution >= 0.6 is 11.6 Å². The van der Waals surface area contributed by atoms with Crippen molar-refractivity contribution in [2.24, 2.45) is 0 Å². The van der Waals surface area contributed by atoms with Gasteiger partial charge in [0, 0.05) is 29.7 Å². The van der Waals surface area contributed by atoms with Crippen LogP contribution < -0.4 is 10.6 Å². The molecule has 5 heteroatoms. The molecular formula is C17H17ClN2O2. The van der Waals surface area contributed by atoms with Crippen molar-refractivity contribution in [2.75, 3.05) is 5.32 Å². The van der Waals surface area contributed by atoms with E-state index in [1.807, 2.05) is 25.1 Å². The van der Waals surface area contributed by atoms with Gasteiger partial charge in [-0.15, -0.1) is 0 Å². The summed E-state index contributed by atoms with van der Waals surface area (Å²) in [7, 11) is 0. The predicted molar refractivity (Wildman–Crippen MR) is 88.1 cm³/mol. The first-order chi connectivity index (χ1) is 10.5. The Balaban J connectivity index is 2.06. The van der Waals surface area contributed by atoms with Crippen LogP contribution in [-0.4, -0.2) is 11.8 Å². The molecule has 0 saturated heterocycles. The van der Waals surface area contributed by atoms with E-state index in [0.717, 1.165) is 11.1 Å². The van der Waals surface area contributed by atoms with Gasteiger partial charge in [-0.1, -0.05) is 29.8 Å². The number of hydrogen-bond acceptors (Lipinski definition) is 2. The zero-order chi connectivity index (χ0) is 16.1. The van der Waals surface area contributed by atoms with E-state index in [4.69, 9.17) is 11.6 Å². The second kappa shape index (κ2) is 7.09. The normalized spacial score (nSPS) is 10.1. The van der Waals surface area contributed by atoms with Gasteiger partial charge in [-0.2, -0.15) is 0 Å². The van der Waals surface area contributed by atoms with E-state index in [-0.39, 0.29) is 11.8 Å². The minimum atomic E-state index is -0.198. The van der Waals surface area contributed by atoms with Crippen molar-refractivity contribution >= 4 is 29.1 Å². The van der Waals surface area contributed by atoms with Crippen molar-refractivity contribution in [1.82, 2.24) is 5.32 Å². The summed E-state index contributed by atoms with van der Waals surface area (Å²) in [6.07, 6.45) is 0. The Morgan fingerprint density at radius 2 is 1.77 bits per heavy atom. The first-order valence-corrected chi connectivity index (χ1v) is 7.24. The molecule has 2 rings (SSSR count). The highest BCUT2D eigenvalue weighted by Crippen LogP contribution is 2.21. The van der Waals surface area contributed by atoms with Crippen LogP contribution in [0.2, 0.25) is 5.02 Å². The van der Waals surface area contributed by atoms with E-state index in [1.165, 1.54) is 6.92 Å². The third-order valence-electron chi connectivity index (χ3n) is 3.21. The van der Waals surface area contributed by atoms with Crippen LogP contribution in [0.1, 0.15) is 28.4 Å². The maximum atomic E-state index is 12.2. The molecule has 2 aromatic carbocycles. The number of carbonyl (C=O) groups is 2. The summed E-state index contributed by atoms with van der Waals surface area (Å²) in [5.74, 6) is -0.283. The Morgan fingerprint density at radius 3 is 2.41 bits per heavy atom. The fourth-order valence-corrected chi connectivity index (χ4v) is 2.10. The van der Waals surface area contributed by atoms with Gasteiger partial charge in [0.15, 0.2) is 0 Å². The molecule has 0 aliphatic carbocycles. The van der Waals surface area contributed by atoms with E-state index in [2.05, 4.69) is 10.6 Å². The molecule has 0 aliphatic heterocycles. The van der Waals surface area contributed by atoms with Crippen molar-refractivity contribution in [2.45, 2.75) is 20.4 Å². The zero-order valence-corrected chi connectivity index (χ0v) is 13.2. The number of amides is 2. The molecule has 0 bridgehead atoms. The van der Waals surface area contributed by atoms with E-state index in [0.29, 0.717) is 22.8 Å². The average molecular weight is 317 g/mol. The van der Waals surface area contributed by atoms with E-state index < -0.39 is 0 Å². The summed E-state index contributed by atoms with van der Waals surface area (Å²) in [5, 5.41) is 6.13. The number of benzene rings is 2. The molecule has 4 nitrogen and oxygen atoms in total. The number of hydrogen-bond donors (Lipinski definition) is 2. The Kier molecular flexibility index (Phi) is 5.17. The fraction of sp³-hybridized carbons (Fsp3) is 0.176. The van der Waals surface area contributed by atoms with Gasteiger partial charge in [-0.05, 0) is 42.3 Å². The van der Waals surface area contributed by atoms with Crippen LogP contribution in [-0.2, 0) is 11.3 Å². The molecule has 22 heavy (non-hydrogen) atoms. The lowest BCUT2D eigenvalue weighted by Gasteiger charge is -2.09. The summed E-state index contributed by atoms with van der Waals surface area (Å²) >= 11 is 5.94. The number of anilines is 1. The van der Waals surface area contributed by atoms with Gasteiger partial charge in [0.2, 0.25) is 5.91 Å². The standard InChI is InChI=1S/C17H17ClN2O2/c1-11-3-8-15(18)9-16(11)20-17(22)14-6-4-13(5-7-14)10-19-12(2)21/h3-9H,10H2,1-2H3,(H,19,21)(H,20,22). The fourth-order valence-electron chi connectivity index (χ4n) is 1.92. The van der Waals surface area contributed by atoms with Crippen molar-refractivity contribution < 1.29 is 9.59 Å². The minimum absolute atomic E-state index is 0.0850. The van der Waals surface area contributed by atoms with Gasteiger partial charge in [-0.3, -0.25) is 9.59 Å². The molecule has 0 aromatic heterocycles. The van der Waals surface area contributed by atoms with Gasteiger partial charge >= 0.3 is 0 Å². The van der Waals surface area contributed by atoms with Crippen molar-refractivity contribution in [3.05, 3.63) is 64.2 Å². The van der Waals surface area contributed by atoms with Crippen LogP contribution in [0.25, 0.3) is 0 Å². The van der Waals surface area contributed by atoms with Crippen molar-refractivity contribution in [1.29, 1.82) is 0 Å². The van der Waals surface area contributed by atoms with Gasteiger partial charge in [0.05, 0.1) is 0 Å². The summed E-state index contributed by atoms with van der Waals surface area (Å²) in [6, 6.07) is 12.4. The Morgan fingerprint density at radius 1 is 1.09 bits per heavy atom. The number of nitrogens with one attached hydrogen (secondary N) is 2. The van der Waals surface area contributed by atoms with Crippen LogP contribution in [0.4, 0.5) is 5.69 Å². The third-order valence-corrected chi connectivity index (χ3v) is 3.44. The number of aryl methyl sites for hydroxylation is 1. The monoisotopic (exact) mass is 316 g/mol. The van der Waals surface area contributed by atoms with Crippen LogP contribution in [0, 0.1) is 6.92 Å². The van der Waals surface area contributed by atoms with Gasteiger partial charge in [0.25, 0.3) is 5.91 Å². The molecule has 0 spiro atoms. The molecule has 0 heterocycles. The number of halogens is 1. The summed E-state index contributed by atoms with van der Waals surface area (Å²) < 4.78 is 0. The second-order valence-corrected chi connectivity index (χ2v) is 5.46. The average Bonchev–Trinajstić information content (AvgIpc) is 2.49. The van der Waals surface area contributed by atoms with Crippen molar-refractivity contribution in [3.8, 4) is 0 Å². The Hall–Kier alpha value is -2.33. The van der Waals surface area contributed by atoms with Crippen LogP contribution in [0.3, 0.4) is 0 Å². The molecule has 2 aromatic rings. The summed E-state index contributed by atoms with van der Waals surface area (Å²) in [4.78, 5) is 23.1. The van der Waals surface area contributed by atoms with Crippen LogP contribution in [0.5, 0.6) is 0 Å². The highest BCUT2D eigenvalue weighted by molar-refractivity contribution is 6.31. The Labute approximate surface area is 134 Å². The van der Waals surface area contributed by atoms with E-state index >= 15 is 0 Å². The molecular weight excluding hydrogens is 300 g/mol. The quantitative estimate of drug-likeness (QED) is 0.906. The van der Waals surface area contributed by atoms with Gasteiger partial charge in [-0.25, -0.2) is 0 Å². The smallest absolute Gasteiger partial charge is 0.255 e. The summed E-state index contributed by atoms with van der Waals surface area (Å²) in [5.41, 5.74) is 3.12. The molecule has 0 radical (unpaired) electrons. The first-order valence-electron chi connectivity index (χ1n) is 6.86. The molecule has 0 aliphatic rings. The molecule has 0 atom stereocenters. The number of carbonyl (C=O) groups excluding carboxylic acids is 2. The molecule has 114 valence electrons. The summed E-state index contributed by atoms with van der Waals surface area (Å²) in [6.45, 7) is 3.82. The largest absolute Gasteiger partial charge is 0.352 e. The predicted octanol–water partition coefficient (Wildman–Crippen LogP) is 3.54.